The van der Waals surface area contributed by atoms with Crippen LogP contribution in [0.5, 0.6) is 0 Å². The summed E-state index contributed by atoms with van der Waals surface area (Å²) in [5.74, 6) is 0. The van der Waals surface area contributed by atoms with Crippen LogP contribution in [0, 0.1) is 0 Å². The van der Waals surface area contributed by atoms with E-state index in [1.807, 2.05) is 36.5 Å². The van der Waals surface area contributed by atoms with Gasteiger partial charge in [-0.15, -0.1) is 0 Å². The zero-order chi connectivity index (χ0) is 13.1. The number of nitrogens with zero attached hydrogens (tertiary/aromatic N) is 1. The first kappa shape index (κ1) is 12.1. The van der Waals surface area contributed by atoms with E-state index < -0.39 is 0 Å². The van der Waals surface area contributed by atoms with Gasteiger partial charge in [0.25, 0.3) is 0 Å². The molecule has 0 aliphatic carbocycles. The highest BCUT2D eigenvalue weighted by Crippen LogP contribution is 2.25. The van der Waals surface area contributed by atoms with Gasteiger partial charge in [0.15, 0.2) is 0 Å². The number of fused-ring (bicyclic) bond motifs is 1. The molecule has 0 bridgehead atoms. The number of pyridine rings is 1. The summed E-state index contributed by atoms with van der Waals surface area (Å²) in [5, 5.41) is 2.34. The molecule has 0 saturated heterocycles. The van der Waals surface area contributed by atoms with Gasteiger partial charge in [-0.2, -0.15) is 0 Å². The Morgan fingerprint density at radius 1 is 0.789 bits per heavy atom. The molecule has 2 heteroatoms. The lowest BCUT2D eigenvalue weighted by molar-refractivity contribution is 1.32. The first-order valence-corrected chi connectivity index (χ1v) is 6.90. The third kappa shape index (κ3) is 2.59. The summed E-state index contributed by atoms with van der Waals surface area (Å²) in [6, 6.07) is 18.5. The number of halogens is 1. The SMILES string of the molecule is Brc1cnc(/C=C/c2ccccc2)c2ccccc12. The van der Waals surface area contributed by atoms with Crippen molar-refractivity contribution in [3.63, 3.8) is 0 Å². The summed E-state index contributed by atoms with van der Waals surface area (Å²) in [6.45, 7) is 0. The van der Waals surface area contributed by atoms with E-state index in [2.05, 4.69) is 57.3 Å². The molecule has 1 heterocycles. The van der Waals surface area contributed by atoms with E-state index in [4.69, 9.17) is 0 Å². The van der Waals surface area contributed by atoms with Crippen molar-refractivity contribution in [2.24, 2.45) is 0 Å². The van der Waals surface area contributed by atoms with E-state index in [0.29, 0.717) is 0 Å². The van der Waals surface area contributed by atoms with E-state index in [9.17, 15) is 0 Å². The first-order valence-electron chi connectivity index (χ1n) is 6.11. The minimum absolute atomic E-state index is 0.989. The Kier molecular flexibility index (Phi) is 3.43. The Hall–Kier alpha value is -1.93. The topological polar surface area (TPSA) is 12.9 Å². The van der Waals surface area contributed by atoms with Gasteiger partial charge in [0.1, 0.15) is 0 Å². The highest BCUT2D eigenvalue weighted by Gasteiger charge is 2.02. The molecule has 0 saturated carbocycles. The average molecular weight is 310 g/mol. The average Bonchev–Trinajstić information content (AvgIpc) is 2.48. The van der Waals surface area contributed by atoms with Crippen molar-refractivity contribution in [1.82, 2.24) is 4.98 Å². The van der Waals surface area contributed by atoms with Crippen LogP contribution in [0.4, 0.5) is 0 Å². The van der Waals surface area contributed by atoms with Gasteiger partial charge in [-0.3, -0.25) is 4.98 Å². The molecule has 3 aromatic rings. The first-order chi connectivity index (χ1) is 9.34. The molecule has 3 rings (SSSR count). The predicted octanol–water partition coefficient (Wildman–Crippen LogP) is 5.17. The Labute approximate surface area is 120 Å². The lowest BCUT2D eigenvalue weighted by Crippen LogP contribution is -1.85. The maximum Gasteiger partial charge on any atom is 0.0709 e. The number of rotatable bonds is 2. The zero-order valence-electron chi connectivity index (χ0n) is 10.3. The summed E-state index contributed by atoms with van der Waals surface area (Å²) in [5.41, 5.74) is 2.17. The Morgan fingerprint density at radius 3 is 2.26 bits per heavy atom. The molecular formula is C17H12BrN. The predicted molar refractivity (Wildman–Crippen MR) is 84.8 cm³/mol. The molecule has 0 N–H and O–H groups in total. The van der Waals surface area contributed by atoms with E-state index in [0.717, 1.165) is 15.6 Å². The van der Waals surface area contributed by atoms with Crippen molar-refractivity contribution in [2.75, 3.05) is 0 Å². The quantitative estimate of drug-likeness (QED) is 0.636. The third-order valence-corrected chi connectivity index (χ3v) is 3.64. The molecule has 0 unspecified atom stereocenters. The number of hydrogen-bond donors (Lipinski definition) is 0. The lowest BCUT2D eigenvalue weighted by Gasteiger charge is -2.03. The standard InChI is InChI=1S/C17H12BrN/c18-16-12-19-17(15-9-5-4-8-14(15)16)11-10-13-6-2-1-3-7-13/h1-12H/b11-10+. The van der Waals surface area contributed by atoms with E-state index in [1.165, 1.54) is 10.9 Å². The van der Waals surface area contributed by atoms with Crippen molar-refractivity contribution in [3.05, 3.63) is 76.5 Å². The highest BCUT2D eigenvalue weighted by atomic mass is 79.9. The number of aromatic nitrogens is 1. The number of hydrogen-bond acceptors (Lipinski definition) is 1. The molecule has 1 nitrogen and oxygen atoms in total. The van der Waals surface area contributed by atoms with Crippen LogP contribution < -0.4 is 0 Å². The largest absolute Gasteiger partial charge is 0.255 e. The van der Waals surface area contributed by atoms with Crippen molar-refractivity contribution in [3.8, 4) is 0 Å². The molecule has 0 amide bonds. The zero-order valence-corrected chi connectivity index (χ0v) is 11.8. The fourth-order valence-corrected chi connectivity index (χ4v) is 2.50. The van der Waals surface area contributed by atoms with Gasteiger partial charge >= 0.3 is 0 Å². The summed E-state index contributed by atoms with van der Waals surface area (Å²) in [4.78, 5) is 4.49. The minimum atomic E-state index is 0.989. The van der Waals surface area contributed by atoms with Crippen molar-refractivity contribution >= 4 is 38.9 Å². The third-order valence-electron chi connectivity index (χ3n) is 3.01. The second kappa shape index (κ2) is 5.37. The van der Waals surface area contributed by atoms with Crippen LogP contribution in [0.25, 0.3) is 22.9 Å². The van der Waals surface area contributed by atoms with Gasteiger partial charge in [-0.1, -0.05) is 60.7 Å². The van der Waals surface area contributed by atoms with Crippen molar-refractivity contribution < 1.29 is 0 Å². The van der Waals surface area contributed by atoms with Gasteiger partial charge in [0.2, 0.25) is 0 Å². The highest BCUT2D eigenvalue weighted by molar-refractivity contribution is 9.10. The maximum absolute atomic E-state index is 4.49. The van der Waals surface area contributed by atoms with Crippen LogP contribution in [-0.4, -0.2) is 4.98 Å². The molecule has 19 heavy (non-hydrogen) atoms. The molecule has 0 atom stereocenters. The van der Waals surface area contributed by atoms with Crippen LogP contribution in [0.2, 0.25) is 0 Å². The number of benzene rings is 2. The fraction of sp³-hybridized carbons (Fsp3) is 0. The van der Waals surface area contributed by atoms with Crippen LogP contribution >= 0.6 is 15.9 Å². The fourth-order valence-electron chi connectivity index (χ4n) is 2.05. The van der Waals surface area contributed by atoms with Gasteiger partial charge in [0, 0.05) is 16.1 Å². The summed E-state index contributed by atoms with van der Waals surface area (Å²) < 4.78 is 1.03. The van der Waals surface area contributed by atoms with Crippen LogP contribution in [0.1, 0.15) is 11.3 Å². The van der Waals surface area contributed by atoms with Crippen LogP contribution in [0.3, 0.4) is 0 Å². The van der Waals surface area contributed by atoms with Gasteiger partial charge in [-0.05, 0) is 33.0 Å². The molecular weight excluding hydrogens is 298 g/mol. The van der Waals surface area contributed by atoms with E-state index in [1.54, 1.807) is 0 Å². The summed E-state index contributed by atoms with van der Waals surface area (Å²) in [6.07, 6.45) is 6.00. The van der Waals surface area contributed by atoms with Gasteiger partial charge in [0.05, 0.1) is 5.69 Å². The van der Waals surface area contributed by atoms with E-state index >= 15 is 0 Å². The maximum atomic E-state index is 4.49. The van der Waals surface area contributed by atoms with Gasteiger partial charge < -0.3 is 0 Å². The second-order valence-electron chi connectivity index (χ2n) is 4.28. The molecule has 2 aromatic carbocycles. The Morgan fingerprint density at radius 2 is 1.47 bits per heavy atom. The van der Waals surface area contributed by atoms with Crippen molar-refractivity contribution in [2.45, 2.75) is 0 Å². The lowest BCUT2D eigenvalue weighted by atomic mass is 10.1. The summed E-state index contributed by atoms with van der Waals surface area (Å²) in [7, 11) is 0. The molecule has 0 aliphatic rings. The molecule has 0 spiro atoms. The Balaban J connectivity index is 2.07. The molecule has 92 valence electrons. The minimum Gasteiger partial charge on any atom is -0.255 e. The van der Waals surface area contributed by atoms with Crippen molar-refractivity contribution in [1.29, 1.82) is 0 Å². The van der Waals surface area contributed by atoms with Crippen LogP contribution in [-0.2, 0) is 0 Å². The Bertz CT molecular complexity index is 733. The monoisotopic (exact) mass is 309 g/mol. The van der Waals surface area contributed by atoms with Gasteiger partial charge in [-0.25, -0.2) is 0 Å². The van der Waals surface area contributed by atoms with E-state index in [-0.39, 0.29) is 0 Å². The molecule has 0 aliphatic heterocycles. The second-order valence-corrected chi connectivity index (χ2v) is 5.14. The normalized spacial score (nSPS) is 11.2. The summed E-state index contributed by atoms with van der Waals surface area (Å²) >= 11 is 3.54. The molecule has 1 aromatic heterocycles. The van der Waals surface area contributed by atoms with Crippen LogP contribution in [0.15, 0.2) is 65.3 Å². The molecule has 0 fully saturated rings. The molecule has 0 radical (unpaired) electrons. The smallest absolute Gasteiger partial charge is 0.0709 e.